The van der Waals surface area contributed by atoms with Crippen molar-refractivity contribution in [3.63, 3.8) is 0 Å². The van der Waals surface area contributed by atoms with Crippen molar-refractivity contribution in [2.24, 2.45) is 0 Å². The van der Waals surface area contributed by atoms with Crippen molar-refractivity contribution in [1.82, 2.24) is 0 Å². The first-order chi connectivity index (χ1) is 0. The van der Waals surface area contributed by atoms with Gasteiger partial charge in [-0.15, -0.1) is 0 Å². The molecule has 0 aromatic rings. The molecule has 6 heteroatoms. The zero-order chi connectivity index (χ0) is 0. The second-order valence-corrected chi connectivity index (χ2v) is 0. The van der Waals surface area contributed by atoms with Gasteiger partial charge in [-0.05, 0) is 0 Å². The van der Waals surface area contributed by atoms with Crippen LogP contribution in [0.3, 0.4) is 0 Å². The van der Waals surface area contributed by atoms with Crippen LogP contribution in [0.4, 0.5) is 0 Å². The van der Waals surface area contributed by atoms with Crippen LogP contribution < -0.4 is 0 Å². The Morgan fingerprint density at radius 1 is 1.00 bits per heavy atom. The van der Waals surface area contributed by atoms with Gasteiger partial charge in [-0.25, -0.2) is 0 Å². The Hall–Kier alpha value is 3.56. The molecule has 0 spiro atoms. The summed E-state index contributed by atoms with van der Waals surface area (Å²) in [6, 6.07) is 0. The van der Waals surface area contributed by atoms with Gasteiger partial charge in [0.15, 0.2) is 0 Å². The molecule has 0 heterocycles. The van der Waals surface area contributed by atoms with E-state index in [1.807, 2.05) is 0 Å². The molecule has 0 rings (SSSR count). The molecule has 43 valence electrons. The third kappa shape index (κ3) is 25.7. The number of rotatable bonds is 0. The van der Waals surface area contributed by atoms with Gasteiger partial charge in [-0.2, -0.15) is 0 Å². The zero-order valence-electron chi connectivity index (χ0n) is 2.33. The average molecular weight is 414 g/mol. The summed E-state index contributed by atoms with van der Waals surface area (Å²) in [6.07, 6.45) is 0. The van der Waals surface area contributed by atoms with Crippen LogP contribution >= 0.6 is 0 Å². The van der Waals surface area contributed by atoms with E-state index in [0.717, 1.165) is 0 Å². The standard InChI is InChI=1S/Cr.Cu.Mo.Nb.Ni.V. The van der Waals surface area contributed by atoms with Crippen LogP contribution in [0.1, 0.15) is 0 Å². The molecule has 0 saturated heterocycles. The first-order valence-corrected chi connectivity index (χ1v) is 0. The molecule has 0 unspecified atom stereocenters. The van der Waals surface area contributed by atoms with E-state index in [1.54, 1.807) is 0 Å². The summed E-state index contributed by atoms with van der Waals surface area (Å²) in [5, 5.41) is 0. The maximum atomic E-state index is 0. The average Bonchev–Trinajstić information content (AvgIpc) is 0. The summed E-state index contributed by atoms with van der Waals surface area (Å²) >= 11 is 0. The van der Waals surface area contributed by atoms with E-state index in [0.29, 0.717) is 0 Å². The smallest absolute Gasteiger partial charge is 0 e. The largest absolute Gasteiger partial charge is 0 e. The normalized spacial score (nSPS) is 0. The fraction of sp³-hybridized carbons (Fsp3) is 0. The van der Waals surface area contributed by atoms with Gasteiger partial charge in [-0.1, -0.05) is 0 Å². The first kappa shape index (κ1) is 55.3. The topological polar surface area (TPSA) is 0 Å². The van der Waals surface area contributed by atoms with Gasteiger partial charge in [0.1, 0.15) is 0 Å². The Morgan fingerprint density at radius 2 is 1.00 bits per heavy atom. The Labute approximate surface area is 111 Å². The summed E-state index contributed by atoms with van der Waals surface area (Å²) in [7, 11) is 0. The van der Waals surface area contributed by atoms with E-state index in [-0.39, 0.29) is 113 Å². The summed E-state index contributed by atoms with van der Waals surface area (Å²) in [6.45, 7) is 0. The Kier molecular flexibility index (Phi) is 356. The van der Waals surface area contributed by atoms with E-state index < -0.39 is 0 Å². The molecule has 3 radical (unpaired) electrons. The van der Waals surface area contributed by atoms with E-state index in [4.69, 9.17) is 0 Å². The predicted molar refractivity (Wildman–Crippen MR) is 0 cm³/mol. The van der Waals surface area contributed by atoms with Gasteiger partial charge < -0.3 is 0 Å². The third-order valence-electron chi connectivity index (χ3n) is 0. The van der Waals surface area contributed by atoms with Gasteiger partial charge in [0.25, 0.3) is 0 Å². The minimum absolute atomic E-state index is 0. The van der Waals surface area contributed by atoms with Gasteiger partial charge in [0.2, 0.25) is 0 Å². The number of hydrogen-bond donors (Lipinski definition) is 0. The van der Waals surface area contributed by atoms with Crippen molar-refractivity contribution in [3.05, 3.63) is 0 Å². The Balaban J connectivity index is 0. The van der Waals surface area contributed by atoms with E-state index >= 15 is 0 Å². The number of hydrogen-bond acceptors (Lipinski definition) is 0. The minimum Gasteiger partial charge on any atom is 0 e. The molecule has 0 atom stereocenters. The maximum absolute atomic E-state index is 0. The van der Waals surface area contributed by atoms with Crippen molar-refractivity contribution in [1.29, 1.82) is 0 Å². The zero-order valence-corrected chi connectivity index (χ0v) is 11.1. The molecule has 0 nitrogen and oxygen atoms in total. The van der Waals surface area contributed by atoms with Gasteiger partial charge >= 0.3 is 0 Å². The molecular formula is CrCuMoNbNiV. The summed E-state index contributed by atoms with van der Waals surface area (Å²) < 4.78 is 0. The van der Waals surface area contributed by atoms with Crippen LogP contribution in [-0.4, -0.2) is 0 Å². The molecule has 0 aromatic carbocycles. The Bertz CT molecular complexity index is 15.5. The second kappa shape index (κ2) is 38.6. The summed E-state index contributed by atoms with van der Waals surface area (Å²) in [5.74, 6) is 0. The molecule has 0 N–H and O–H groups in total. The van der Waals surface area contributed by atoms with Crippen molar-refractivity contribution in [2.75, 3.05) is 0 Å². The van der Waals surface area contributed by atoms with Gasteiger partial charge in [-0.3, -0.25) is 0 Å². The van der Waals surface area contributed by atoms with Crippen LogP contribution in [0.2, 0.25) is 0 Å². The molecule has 0 amide bonds. The molecular weight excluding hydrogens is 414 g/mol. The van der Waals surface area contributed by atoms with Crippen molar-refractivity contribution >= 4 is 0 Å². The van der Waals surface area contributed by atoms with Crippen LogP contribution in [0.15, 0.2) is 0 Å². The quantitative estimate of drug-likeness (QED) is 0.490. The molecule has 6 heavy (non-hydrogen) atoms. The summed E-state index contributed by atoms with van der Waals surface area (Å²) in [4.78, 5) is 0. The van der Waals surface area contributed by atoms with Crippen LogP contribution in [-0.2, 0) is 113 Å². The molecule has 0 aliphatic rings. The van der Waals surface area contributed by atoms with Gasteiger partial charge in [0.05, 0.1) is 0 Å². The van der Waals surface area contributed by atoms with Crippen molar-refractivity contribution in [3.8, 4) is 0 Å². The second-order valence-electron chi connectivity index (χ2n) is 0. The van der Waals surface area contributed by atoms with Crippen molar-refractivity contribution in [2.45, 2.75) is 0 Å². The maximum Gasteiger partial charge on any atom is 0 e. The predicted octanol–water partition coefficient (Wildman–Crippen LogP) is -0.0150. The van der Waals surface area contributed by atoms with E-state index in [1.165, 1.54) is 0 Å². The fourth-order valence-corrected chi connectivity index (χ4v) is 0. The minimum atomic E-state index is 0. The molecule has 0 aliphatic carbocycles. The van der Waals surface area contributed by atoms with Gasteiger partial charge in [0, 0.05) is 113 Å². The molecule has 0 fully saturated rings. The molecule has 0 aromatic heterocycles. The van der Waals surface area contributed by atoms with Crippen LogP contribution in [0.5, 0.6) is 0 Å². The molecule has 0 saturated carbocycles. The molecule has 0 bridgehead atoms. The van der Waals surface area contributed by atoms with E-state index in [9.17, 15) is 0 Å². The SMILES string of the molecule is [Cr].[Cu].[Mo].[Nb].[Ni].[V]. The van der Waals surface area contributed by atoms with Crippen LogP contribution in [0.25, 0.3) is 0 Å². The first-order valence-electron chi connectivity index (χ1n) is 0. The Morgan fingerprint density at radius 3 is 1.00 bits per heavy atom. The monoisotopic (exact) mass is 415 g/mol. The van der Waals surface area contributed by atoms with E-state index in [2.05, 4.69) is 0 Å². The van der Waals surface area contributed by atoms with Crippen molar-refractivity contribution < 1.29 is 113 Å². The molecule has 0 aliphatic heterocycles. The third-order valence-corrected chi connectivity index (χ3v) is 0. The van der Waals surface area contributed by atoms with Crippen LogP contribution in [0, 0.1) is 0 Å². The fourth-order valence-electron chi connectivity index (χ4n) is 0. The summed E-state index contributed by atoms with van der Waals surface area (Å²) in [5.41, 5.74) is 0.